The molecule has 0 atom stereocenters. The van der Waals surface area contributed by atoms with Crippen LogP contribution in [0.2, 0.25) is 0 Å². The molecule has 0 saturated heterocycles. The number of carbonyl (C=O) groups excluding carboxylic acids is 1. The Kier molecular flexibility index (Phi) is 5.38. The van der Waals surface area contributed by atoms with Crippen molar-refractivity contribution in [2.75, 3.05) is 13.1 Å². The van der Waals surface area contributed by atoms with Gasteiger partial charge in [-0.25, -0.2) is 5.43 Å². The van der Waals surface area contributed by atoms with Gasteiger partial charge in [0.25, 0.3) is 0 Å². The van der Waals surface area contributed by atoms with E-state index in [1.807, 2.05) is 0 Å². The molecule has 0 fully saturated rings. The summed E-state index contributed by atoms with van der Waals surface area (Å²) >= 11 is 0. The minimum atomic E-state index is 0.456. The molecule has 0 saturated carbocycles. The molecule has 0 aromatic heterocycles. The zero-order valence-electron chi connectivity index (χ0n) is 5.84. The summed E-state index contributed by atoms with van der Waals surface area (Å²) in [6.45, 7) is 7.97. The maximum absolute atomic E-state index is 10.1. The molecule has 0 aromatic carbocycles. The summed E-state index contributed by atoms with van der Waals surface area (Å²) < 4.78 is 0. The molecule has 1 amide bonds. The van der Waals surface area contributed by atoms with Crippen LogP contribution in [0, 0.1) is 0 Å². The lowest BCUT2D eigenvalue weighted by molar-refractivity contribution is 0.328. The van der Waals surface area contributed by atoms with E-state index in [-0.39, 0.29) is 0 Å². The zero-order chi connectivity index (χ0) is 7.82. The topological polar surface area (TPSA) is 32.3 Å². The second-order valence-electron chi connectivity index (χ2n) is 1.64. The van der Waals surface area contributed by atoms with Crippen molar-refractivity contribution in [2.24, 2.45) is 0 Å². The Morgan fingerprint density at radius 1 is 1.50 bits per heavy atom. The van der Waals surface area contributed by atoms with Gasteiger partial charge in [-0.2, -0.15) is 0 Å². The van der Waals surface area contributed by atoms with Crippen molar-refractivity contribution >= 4 is 6.41 Å². The third-order valence-electron chi connectivity index (χ3n) is 0.848. The van der Waals surface area contributed by atoms with Gasteiger partial charge in [0.15, 0.2) is 0 Å². The Hall–Kier alpha value is -1.09. The van der Waals surface area contributed by atoms with E-state index >= 15 is 0 Å². The third-order valence-corrected chi connectivity index (χ3v) is 0.848. The maximum atomic E-state index is 10.1. The van der Waals surface area contributed by atoms with Crippen molar-refractivity contribution in [1.82, 2.24) is 10.4 Å². The van der Waals surface area contributed by atoms with Gasteiger partial charge >= 0.3 is 6.41 Å². The van der Waals surface area contributed by atoms with Gasteiger partial charge in [0, 0.05) is 6.54 Å². The van der Waals surface area contributed by atoms with Crippen molar-refractivity contribution in [3.05, 3.63) is 25.3 Å². The minimum absolute atomic E-state index is 0.456. The molecule has 0 aliphatic rings. The summed E-state index contributed by atoms with van der Waals surface area (Å²) in [5.74, 6) is 0. The Labute approximate surface area is 61.0 Å². The molecule has 1 radical (unpaired) electrons. The second kappa shape index (κ2) is 6.04. The summed E-state index contributed by atoms with van der Waals surface area (Å²) in [5.41, 5.74) is 2.74. The largest absolute Gasteiger partial charge is 0.327 e. The fraction of sp³-hybridized carbons (Fsp3) is 0.286. The Bertz CT molecular complexity index is 123. The van der Waals surface area contributed by atoms with Gasteiger partial charge in [0.2, 0.25) is 0 Å². The van der Waals surface area contributed by atoms with E-state index in [4.69, 9.17) is 0 Å². The standard InChI is InChI=1S/C7H11N2O/c1-3-5-8-9(7-10)6-4-2/h3-4,8H,1-2,5-6H2. The normalized spacial score (nSPS) is 8.40. The molecule has 0 unspecified atom stereocenters. The average Bonchev–Trinajstić information content (AvgIpc) is 1.98. The van der Waals surface area contributed by atoms with Gasteiger partial charge in [-0.1, -0.05) is 12.2 Å². The highest BCUT2D eigenvalue weighted by Gasteiger charge is 1.94. The van der Waals surface area contributed by atoms with Crippen LogP contribution in [0.1, 0.15) is 0 Å². The van der Waals surface area contributed by atoms with Crippen LogP contribution in [0.25, 0.3) is 0 Å². The quantitative estimate of drug-likeness (QED) is 0.324. The molecular formula is C7H11N2O. The summed E-state index contributed by atoms with van der Waals surface area (Å²) in [4.78, 5) is 10.1. The summed E-state index contributed by atoms with van der Waals surface area (Å²) in [6.07, 6.45) is 4.96. The highest BCUT2D eigenvalue weighted by Crippen LogP contribution is 1.75. The number of amides is 1. The number of hydrogen-bond donors (Lipinski definition) is 1. The van der Waals surface area contributed by atoms with Crippen LogP contribution < -0.4 is 5.43 Å². The van der Waals surface area contributed by atoms with Crippen molar-refractivity contribution in [3.63, 3.8) is 0 Å². The minimum Gasteiger partial charge on any atom is -0.265 e. The molecule has 0 aliphatic carbocycles. The van der Waals surface area contributed by atoms with Crippen LogP contribution in [0.5, 0.6) is 0 Å². The van der Waals surface area contributed by atoms with Gasteiger partial charge in [0.1, 0.15) is 0 Å². The number of nitrogens with zero attached hydrogens (tertiary/aromatic N) is 1. The molecule has 0 heterocycles. The summed E-state index contributed by atoms with van der Waals surface area (Å²) in [6, 6.07) is 0. The molecule has 10 heavy (non-hydrogen) atoms. The molecule has 55 valence electrons. The second-order valence-corrected chi connectivity index (χ2v) is 1.64. The number of nitrogens with one attached hydrogen (secondary N) is 1. The lowest BCUT2D eigenvalue weighted by atomic mass is 10.6. The molecule has 3 nitrogen and oxygen atoms in total. The van der Waals surface area contributed by atoms with Gasteiger partial charge in [-0.15, -0.1) is 13.2 Å². The van der Waals surface area contributed by atoms with Crippen molar-refractivity contribution in [1.29, 1.82) is 0 Å². The molecule has 0 aliphatic heterocycles. The van der Waals surface area contributed by atoms with Gasteiger partial charge < -0.3 is 0 Å². The van der Waals surface area contributed by atoms with Crippen LogP contribution in [-0.2, 0) is 4.79 Å². The van der Waals surface area contributed by atoms with Crippen LogP contribution >= 0.6 is 0 Å². The SMILES string of the molecule is C=CCNN([C]=O)CC=C. The van der Waals surface area contributed by atoms with Gasteiger partial charge in [-0.05, 0) is 0 Å². The average molecular weight is 139 g/mol. The van der Waals surface area contributed by atoms with Gasteiger partial charge in [-0.3, -0.25) is 9.80 Å². The lowest BCUT2D eigenvalue weighted by Gasteiger charge is -2.12. The molecular weight excluding hydrogens is 128 g/mol. The van der Waals surface area contributed by atoms with E-state index in [0.717, 1.165) is 0 Å². The fourth-order valence-corrected chi connectivity index (χ4v) is 0.438. The number of hydrazine groups is 1. The van der Waals surface area contributed by atoms with Crippen molar-refractivity contribution in [2.45, 2.75) is 0 Å². The number of hydrogen-bond acceptors (Lipinski definition) is 2. The van der Waals surface area contributed by atoms with E-state index < -0.39 is 0 Å². The predicted octanol–water partition coefficient (Wildman–Crippen LogP) is 0.232. The monoisotopic (exact) mass is 139 g/mol. The molecule has 0 rings (SSSR count). The highest BCUT2D eigenvalue weighted by atomic mass is 16.1. The lowest BCUT2D eigenvalue weighted by Crippen LogP contribution is -2.36. The fourth-order valence-electron chi connectivity index (χ4n) is 0.438. The van der Waals surface area contributed by atoms with E-state index in [2.05, 4.69) is 18.6 Å². The first-order valence-electron chi connectivity index (χ1n) is 2.95. The first-order chi connectivity index (χ1) is 4.85. The Morgan fingerprint density at radius 3 is 2.60 bits per heavy atom. The van der Waals surface area contributed by atoms with Crippen LogP contribution in [0.3, 0.4) is 0 Å². The third kappa shape index (κ3) is 3.86. The van der Waals surface area contributed by atoms with Gasteiger partial charge in [0.05, 0.1) is 6.54 Å². The molecule has 0 aromatic rings. The molecule has 1 N–H and O–H groups in total. The predicted molar refractivity (Wildman–Crippen MR) is 40.8 cm³/mol. The zero-order valence-corrected chi connectivity index (χ0v) is 5.84. The smallest absolute Gasteiger partial charge is 0.265 e. The number of rotatable bonds is 6. The summed E-state index contributed by atoms with van der Waals surface area (Å²) in [5, 5.41) is 1.27. The van der Waals surface area contributed by atoms with E-state index in [9.17, 15) is 4.79 Å². The first kappa shape index (κ1) is 8.91. The highest BCUT2D eigenvalue weighted by molar-refractivity contribution is 5.47. The van der Waals surface area contributed by atoms with Crippen LogP contribution in [-0.4, -0.2) is 24.5 Å². The Morgan fingerprint density at radius 2 is 2.20 bits per heavy atom. The van der Waals surface area contributed by atoms with E-state index in [1.165, 1.54) is 5.01 Å². The summed E-state index contributed by atoms with van der Waals surface area (Å²) in [7, 11) is 0. The van der Waals surface area contributed by atoms with Crippen LogP contribution in [0.15, 0.2) is 25.3 Å². The van der Waals surface area contributed by atoms with E-state index in [1.54, 1.807) is 18.6 Å². The van der Waals surface area contributed by atoms with Crippen molar-refractivity contribution < 1.29 is 4.79 Å². The Balaban J connectivity index is 3.47. The maximum Gasteiger partial charge on any atom is 0.327 e. The molecule has 0 bridgehead atoms. The van der Waals surface area contributed by atoms with E-state index in [0.29, 0.717) is 13.1 Å². The van der Waals surface area contributed by atoms with Crippen molar-refractivity contribution in [3.8, 4) is 0 Å². The first-order valence-corrected chi connectivity index (χ1v) is 2.95. The molecule has 0 spiro atoms. The molecule has 3 heteroatoms. The van der Waals surface area contributed by atoms with Crippen LogP contribution in [0.4, 0.5) is 0 Å².